The van der Waals surface area contributed by atoms with Gasteiger partial charge in [0.2, 0.25) is 0 Å². The highest BCUT2D eigenvalue weighted by Crippen LogP contribution is 2.29. The summed E-state index contributed by atoms with van der Waals surface area (Å²) in [6.45, 7) is 0.573. The number of carbonyl (C=O) groups is 1. The van der Waals surface area contributed by atoms with Crippen LogP contribution in [0.2, 0.25) is 0 Å². The van der Waals surface area contributed by atoms with Crippen LogP contribution < -0.4 is 21.5 Å². The van der Waals surface area contributed by atoms with E-state index in [0.717, 1.165) is 28.7 Å². The molecule has 3 rings (SSSR count). The first-order valence-corrected chi connectivity index (χ1v) is 8.92. The fraction of sp³-hybridized carbons (Fsp3) is 0.600. The van der Waals surface area contributed by atoms with Gasteiger partial charge >= 0.3 is 11.7 Å². The third-order valence-electron chi connectivity index (χ3n) is 4.50. The molecular weight excluding hydrogens is 330 g/mol. The topological polar surface area (TPSA) is 100 Å². The van der Waals surface area contributed by atoms with Crippen LogP contribution in [-0.2, 0) is 7.05 Å². The molecule has 0 atom stereocenters. The molecule has 2 amide bonds. The molecule has 1 fully saturated rings. The van der Waals surface area contributed by atoms with Crippen LogP contribution in [0.5, 0.6) is 0 Å². The zero-order chi connectivity index (χ0) is 17.3. The maximum atomic E-state index is 12.3. The number of aromatic amines is 1. The maximum Gasteiger partial charge on any atom is 0.329 e. The molecule has 9 heteroatoms. The number of hydrogen-bond acceptors (Lipinski definition) is 5. The van der Waals surface area contributed by atoms with Gasteiger partial charge < -0.3 is 5.32 Å². The first-order valence-electron chi connectivity index (χ1n) is 8.10. The minimum atomic E-state index is -0.485. The fourth-order valence-corrected chi connectivity index (χ4v) is 4.05. The van der Waals surface area contributed by atoms with Crippen molar-refractivity contribution >= 4 is 32.8 Å². The molecule has 130 valence electrons. The molecule has 1 aliphatic carbocycles. The quantitative estimate of drug-likeness (QED) is 0.873. The zero-order valence-corrected chi connectivity index (χ0v) is 14.6. The van der Waals surface area contributed by atoms with Crippen LogP contribution in [0, 0.1) is 5.92 Å². The van der Waals surface area contributed by atoms with E-state index >= 15 is 0 Å². The van der Waals surface area contributed by atoms with Crippen molar-refractivity contribution in [3.8, 4) is 0 Å². The molecule has 0 radical (unpaired) electrons. The van der Waals surface area contributed by atoms with Gasteiger partial charge in [-0.25, -0.2) is 14.6 Å². The molecule has 24 heavy (non-hydrogen) atoms. The summed E-state index contributed by atoms with van der Waals surface area (Å²) < 4.78 is 0.983. The van der Waals surface area contributed by atoms with Crippen LogP contribution in [0.25, 0.3) is 10.3 Å². The van der Waals surface area contributed by atoms with Crippen molar-refractivity contribution in [2.24, 2.45) is 13.0 Å². The van der Waals surface area contributed by atoms with E-state index < -0.39 is 11.2 Å². The molecule has 0 bridgehead atoms. The van der Waals surface area contributed by atoms with Gasteiger partial charge in [-0.3, -0.25) is 19.2 Å². The van der Waals surface area contributed by atoms with Crippen molar-refractivity contribution in [1.29, 1.82) is 0 Å². The second-order valence-electron chi connectivity index (χ2n) is 6.14. The van der Waals surface area contributed by atoms with Gasteiger partial charge in [0, 0.05) is 20.6 Å². The summed E-state index contributed by atoms with van der Waals surface area (Å²) in [6, 6.07) is -0.251. The predicted molar refractivity (Wildman–Crippen MR) is 93.9 cm³/mol. The maximum absolute atomic E-state index is 12.3. The molecule has 0 unspecified atom stereocenters. The largest absolute Gasteiger partial charge is 0.341 e. The molecule has 2 N–H and O–H groups in total. The molecule has 0 saturated heterocycles. The Labute approximate surface area is 142 Å². The second-order valence-corrected chi connectivity index (χ2v) is 7.12. The minimum absolute atomic E-state index is 0.189. The number of rotatable bonds is 3. The van der Waals surface area contributed by atoms with Gasteiger partial charge in [-0.05, 0) is 18.8 Å². The molecule has 8 nitrogen and oxygen atoms in total. The summed E-state index contributed by atoms with van der Waals surface area (Å²) in [5, 5.41) is 3.07. The lowest BCUT2D eigenvalue weighted by molar-refractivity contribution is 0.245. The highest BCUT2D eigenvalue weighted by atomic mass is 32.1. The minimum Gasteiger partial charge on any atom is -0.341 e. The third-order valence-corrected chi connectivity index (χ3v) is 5.50. The number of carbonyl (C=O) groups excluding carboxylic acids is 1. The van der Waals surface area contributed by atoms with E-state index in [1.165, 1.54) is 26.3 Å². The average molecular weight is 351 g/mol. The van der Waals surface area contributed by atoms with Crippen LogP contribution in [0.15, 0.2) is 9.59 Å². The van der Waals surface area contributed by atoms with Gasteiger partial charge in [-0.2, -0.15) is 0 Å². The first kappa shape index (κ1) is 16.7. The summed E-state index contributed by atoms with van der Waals surface area (Å²) in [5.41, 5.74) is -0.748. The van der Waals surface area contributed by atoms with E-state index in [-0.39, 0.29) is 11.5 Å². The Morgan fingerprint density at radius 1 is 1.38 bits per heavy atom. The lowest BCUT2D eigenvalue weighted by Crippen LogP contribution is -2.41. The number of amides is 2. The number of fused-ring (bicyclic) bond motifs is 1. The zero-order valence-electron chi connectivity index (χ0n) is 13.8. The summed E-state index contributed by atoms with van der Waals surface area (Å²) in [7, 11) is 2.97. The van der Waals surface area contributed by atoms with Gasteiger partial charge in [0.05, 0.1) is 0 Å². The van der Waals surface area contributed by atoms with Crippen molar-refractivity contribution in [3.63, 3.8) is 0 Å². The summed E-state index contributed by atoms with van der Waals surface area (Å²) >= 11 is 1.16. The molecule has 0 aromatic carbocycles. The Balaban J connectivity index is 1.99. The van der Waals surface area contributed by atoms with Gasteiger partial charge in [0.15, 0.2) is 10.6 Å². The highest BCUT2D eigenvalue weighted by Gasteiger charge is 2.25. The van der Waals surface area contributed by atoms with Gasteiger partial charge in [-0.15, -0.1) is 0 Å². The van der Waals surface area contributed by atoms with Crippen LogP contribution >= 0.6 is 11.3 Å². The summed E-state index contributed by atoms with van der Waals surface area (Å²) in [6.07, 6.45) is 5.79. The normalized spacial score (nSPS) is 15.6. The lowest BCUT2D eigenvalue weighted by Gasteiger charge is -2.27. The number of nitrogens with one attached hydrogen (secondary N) is 2. The van der Waals surface area contributed by atoms with E-state index in [1.807, 2.05) is 0 Å². The number of H-pyrrole nitrogens is 1. The van der Waals surface area contributed by atoms with Gasteiger partial charge in [-0.1, -0.05) is 30.6 Å². The number of urea groups is 1. The predicted octanol–water partition coefficient (Wildman–Crippen LogP) is 1.41. The number of thiazole rings is 1. The average Bonchev–Trinajstić information content (AvgIpc) is 3.01. The molecule has 0 spiro atoms. The van der Waals surface area contributed by atoms with E-state index in [4.69, 9.17) is 0 Å². The third kappa shape index (κ3) is 3.08. The first-order chi connectivity index (χ1) is 11.5. The molecule has 1 saturated carbocycles. The van der Waals surface area contributed by atoms with E-state index in [1.54, 1.807) is 11.9 Å². The fourth-order valence-electron chi connectivity index (χ4n) is 3.10. The monoisotopic (exact) mass is 351 g/mol. The summed E-state index contributed by atoms with van der Waals surface area (Å²) in [5.74, 6) is 0.435. The number of aromatic nitrogens is 3. The molecule has 2 aromatic heterocycles. The second kappa shape index (κ2) is 6.76. The van der Waals surface area contributed by atoms with Crippen LogP contribution in [0.1, 0.15) is 32.1 Å². The Morgan fingerprint density at radius 2 is 2.08 bits per heavy atom. The highest BCUT2D eigenvalue weighted by molar-refractivity contribution is 7.22. The Morgan fingerprint density at radius 3 is 2.75 bits per heavy atom. The molecule has 1 aliphatic rings. The lowest BCUT2D eigenvalue weighted by atomic mass is 9.89. The van der Waals surface area contributed by atoms with Crippen LogP contribution in [-0.4, -0.2) is 34.2 Å². The Kier molecular flexibility index (Phi) is 4.70. The number of hydrogen-bond donors (Lipinski definition) is 2. The standard InChI is InChI=1S/C15H21N5O3S/c1-16-13(22)20(8-9-6-4-3-5-7-9)15-17-10-11(24-15)18-14(23)19(2)12(10)21/h9H,3-8H2,1-2H3,(H,16,22)(H,18,23). The molecule has 2 heterocycles. The molecule has 0 aliphatic heterocycles. The van der Waals surface area contributed by atoms with Crippen molar-refractivity contribution in [1.82, 2.24) is 19.9 Å². The molecule has 2 aromatic rings. The number of anilines is 1. The Bertz CT molecular complexity index is 862. The van der Waals surface area contributed by atoms with Gasteiger partial charge in [0.25, 0.3) is 5.56 Å². The van der Waals surface area contributed by atoms with E-state index in [9.17, 15) is 14.4 Å². The van der Waals surface area contributed by atoms with Crippen molar-refractivity contribution in [2.75, 3.05) is 18.5 Å². The van der Waals surface area contributed by atoms with Crippen molar-refractivity contribution in [2.45, 2.75) is 32.1 Å². The van der Waals surface area contributed by atoms with Crippen molar-refractivity contribution < 1.29 is 4.79 Å². The van der Waals surface area contributed by atoms with E-state index in [0.29, 0.717) is 22.4 Å². The van der Waals surface area contributed by atoms with Crippen LogP contribution in [0.4, 0.5) is 9.93 Å². The Hall–Kier alpha value is -2.16. The van der Waals surface area contributed by atoms with Crippen LogP contribution in [0.3, 0.4) is 0 Å². The molecular formula is C15H21N5O3S. The SMILES string of the molecule is CNC(=O)N(CC1CCCCC1)c1nc2c(=O)n(C)c(=O)[nH]c2s1. The van der Waals surface area contributed by atoms with Crippen molar-refractivity contribution in [3.05, 3.63) is 20.8 Å². The smallest absolute Gasteiger partial charge is 0.329 e. The van der Waals surface area contributed by atoms with E-state index in [2.05, 4.69) is 15.3 Å². The van der Waals surface area contributed by atoms with Gasteiger partial charge in [0.1, 0.15) is 4.83 Å². The summed E-state index contributed by atoms with van der Waals surface area (Å²) in [4.78, 5) is 45.2. The number of nitrogens with zero attached hydrogens (tertiary/aromatic N) is 3.